The summed E-state index contributed by atoms with van der Waals surface area (Å²) in [7, 11) is 1.59. The molecule has 0 aliphatic carbocycles. The van der Waals surface area contributed by atoms with Crippen LogP contribution in [0.5, 0.6) is 5.75 Å². The highest BCUT2D eigenvalue weighted by atomic mass is 35.5. The number of esters is 1. The van der Waals surface area contributed by atoms with Crippen LogP contribution in [-0.2, 0) is 9.53 Å². The summed E-state index contributed by atoms with van der Waals surface area (Å²) in [6.45, 7) is 3.73. The number of allylic oxidation sites excluding steroid dienone is 1. The second-order valence-electron chi connectivity index (χ2n) is 8.12. The van der Waals surface area contributed by atoms with Crippen LogP contribution in [0.4, 0.5) is 0 Å². The summed E-state index contributed by atoms with van der Waals surface area (Å²) in [5.41, 5.74) is 2.63. The van der Waals surface area contributed by atoms with Gasteiger partial charge in [-0.05, 0) is 49.8 Å². The van der Waals surface area contributed by atoms with E-state index in [1.165, 1.54) is 11.3 Å². The lowest BCUT2D eigenvalue weighted by atomic mass is 9.96. The molecule has 2 aromatic carbocycles. The summed E-state index contributed by atoms with van der Waals surface area (Å²) < 4.78 is 12.6. The van der Waals surface area contributed by atoms with Gasteiger partial charge in [0.25, 0.3) is 5.56 Å². The van der Waals surface area contributed by atoms with Crippen LogP contribution in [0.25, 0.3) is 17.0 Å². The number of ether oxygens (including phenoxy) is 2. The van der Waals surface area contributed by atoms with Gasteiger partial charge in [0, 0.05) is 5.39 Å². The highest BCUT2D eigenvalue weighted by Crippen LogP contribution is 2.31. The Bertz CT molecular complexity index is 1710. The molecule has 4 aromatic rings. The predicted octanol–water partition coefficient (Wildman–Crippen LogP) is 4.01. The van der Waals surface area contributed by atoms with Crippen molar-refractivity contribution < 1.29 is 14.3 Å². The van der Waals surface area contributed by atoms with Gasteiger partial charge in [-0.25, -0.2) is 14.8 Å². The number of hydrogen-bond donors (Lipinski definition) is 0. The molecule has 0 saturated heterocycles. The minimum Gasteiger partial charge on any atom is -0.497 e. The highest BCUT2D eigenvalue weighted by molar-refractivity contribution is 7.07. The molecule has 7 nitrogen and oxygen atoms in total. The molecular formula is C27H22ClN3O4S. The van der Waals surface area contributed by atoms with Crippen molar-refractivity contribution in [2.45, 2.75) is 19.9 Å². The molecule has 0 saturated carbocycles. The Morgan fingerprint density at radius 2 is 1.97 bits per heavy atom. The highest BCUT2D eigenvalue weighted by Gasteiger charge is 2.33. The SMILES string of the molecule is CCOC(=O)C1=C(C)N=c2s/c(=C\c3cc(Cl)c4cc(OC)ccc4n3)c(=O)n2[C@H]1c1ccccc1. The average Bonchev–Trinajstić information content (AvgIpc) is 3.17. The summed E-state index contributed by atoms with van der Waals surface area (Å²) in [4.78, 5) is 36.4. The van der Waals surface area contributed by atoms with E-state index in [9.17, 15) is 9.59 Å². The van der Waals surface area contributed by atoms with Crippen molar-refractivity contribution in [3.05, 3.63) is 102 Å². The Hall–Kier alpha value is -3.75. The van der Waals surface area contributed by atoms with Crippen molar-refractivity contribution in [1.29, 1.82) is 0 Å². The summed E-state index contributed by atoms with van der Waals surface area (Å²) in [5, 5.41) is 1.26. The number of methoxy groups -OCH3 is 1. The van der Waals surface area contributed by atoms with E-state index in [1.807, 2.05) is 48.5 Å². The fourth-order valence-electron chi connectivity index (χ4n) is 4.26. The summed E-state index contributed by atoms with van der Waals surface area (Å²) in [6, 6.07) is 15.9. The first-order valence-corrected chi connectivity index (χ1v) is 12.5. The van der Waals surface area contributed by atoms with E-state index < -0.39 is 12.0 Å². The molecule has 0 spiro atoms. The lowest BCUT2D eigenvalue weighted by Gasteiger charge is -2.24. The predicted molar refractivity (Wildman–Crippen MR) is 140 cm³/mol. The van der Waals surface area contributed by atoms with E-state index in [2.05, 4.69) is 9.98 Å². The zero-order chi connectivity index (χ0) is 25.4. The Labute approximate surface area is 215 Å². The van der Waals surface area contributed by atoms with E-state index in [-0.39, 0.29) is 12.2 Å². The van der Waals surface area contributed by atoms with E-state index in [1.54, 1.807) is 37.7 Å². The zero-order valence-electron chi connectivity index (χ0n) is 19.8. The molecule has 0 amide bonds. The zero-order valence-corrected chi connectivity index (χ0v) is 21.4. The minimum absolute atomic E-state index is 0.224. The standard InChI is InChI=1S/C27H22ClN3O4S/c1-4-35-26(33)23-15(2)29-27-31(24(23)16-8-6-5-7-9-16)25(32)22(36-27)13-17-12-20(28)19-14-18(34-3)10-11-21(19)30-17/h5-14,24H,4H2,1-3H3/b22-13-/t24-/m0/s1. The normalized spacial score (nSPS) is 15.6. The first kappa shape index (κ1) is 24.0. The maximum absolute atomic E-state index is 13.7. The van der Waals surface area contributed by atoms with E-state index >= 15 is 0 Å². The lowest BCUT2D eigenvalue weighted by molar-refractivity contribution is -0.139. The molecule has 3 heterocycles. The number of aromatic nitrogens is 2. The molecule has 0 N–H and O–H groups in total. The number of pyridine rings is 1. The molecule has 0 radical (unpaired) electrons. The minimum atomic E-state index is -0.649. The van der Waals surface area contributed by atoms with Gasteiger partial charge in [0.15, 0.2) is 4.80 Å². The third kappa shape index (κ3) is 4.23. The van der Waals surface area contributed by atoms with Gasteiger partial charge in [0.2, 0.25) is 0 Å². The number of benzene rings is 2. The molecule has 9 heteroatoms. The van der Waals surface area contributed by atoms with E-state index in [0.717, 1.165) is 10.9 Å². The Balaban J connectivity index is 1.69. The van der Waals surface area contributed by atoms with E-state index in [0.29, 0.717) is 42.6 Å². The smallest absolute Gasteiger partial charge is 0.338 e. The summed E-state index contributed by atoms with van der Waals surface area (Å²) >= 11 is 7.77. The monoisotopic (exact) mass is 519 g/mol. The molecule has 1 aliphatic heterocycles. The number of carbonyl (C=O) groups is 1. The fourth-order valence-corrected chi connectivity index (χ4v) is 5.55. The number of carbonyl (C=O) groups excluding carboxylic acids is 1. The third-order valence-electron chi connectivity index (χ3n) is 5.90. The largest absolute Gasteiger partial charge is 0.497 e. The van der Waals surface area contributed by atoms with Crippen molar-refractivity contribution in [3.8, 4) is 5.75 Å². The second kappa shape index (κ2) is 9.72. The second-order valence-corrected chi connectivity index (χ2v) is 9.54. The summed E-state index contributed by atoms with van der Waals surface area (Å²) in [6.07, 6.45) is 1.70. The van der Waals surface area contributed by atoms with Gasteiger partial charge in [0.05, 0.1) is 51.8 Å². The molecule has 2 aromatic heterocycles. The molecule has 182 valence electrons. The van der Waals surface area contributed by atoms with Crippen molar-refractivity contribution in [1.82, 2.24) is 9.55 Å². The molecular weight excluding hydrogens is 498 g/mol. The van der Waals surface area contributed by atoms with Gasteiger partial charge >= 0.3 is 5.97 Å². The molecule has 1 aliphatic rings. The van der Waals surface area contributed by atoms with Crippen LogP contribution in [0, 0.1) is 0 Å². The van der Waals surface area contributed by atoms with Crippen LogP contribution >= 0.6 is 22.9 Å². The molecule has 5 rings (SSSR count). The van der Waals surface area contributed by atoms with Gasteiger partial charge in [-0.1, -0.05) is 53.3 Å². The number of rotatable bonds is 5. The van der Waals surface area contributed by atoms with Crippen LogP contribution in [0.1, 0.15) is 31.1 Å². The Kier molecular flexibility index (Phi) is 6.47. The van der Waals surface area contributed by atoms with Gasteiger partial charge < -0.3 is 9.47 Å². The van der Waals surface area contributed by atoms with Crippen molar-refractivity contribution in [2.75, 3.05) is 13.7 Å². The topological polar surface area (TPSA) is 82.8 Å². The first-order chi connectivity index (χ1) is 17.4. The van der Waals surface area contributed by atoms with Crippen LogP contribution in [0.3, 0.4) is 0 Å². The van der Waals surface area contributed by atoms with Crippen molar-refractivity contribution >= 4 is 45.9 Å². The first-order valence-electron chi connectivity index (χ1n) is 11.3. The number of hydrogen-bond acceptors (Lipinski definition) is 7. The van der Waals surface area contributed by atoms with Crippen LogP contribution in [-0.4, -0.2) is 29.2 Å². The average molecular weight is 520 g/mol. The third-order valence-corrected chi connectivity index (χ3v) is 7.19. The Morgan fingerprint density at radius 1 is 1.19 bits per heavy atom. The van der Waals surface area contributed by atoms with Crippen LogP contribution < -0.4 is 19.6 Å². The van der Waals surface area contributed by atoms with Gasteiger partial charge in [-0.3, -0.25) is 9.36 Å². The van der Waals surface area contributed by atoms with Gasteiger partial charge in [-0.2, -0.15) is 0 Å². The maximum Gasteiger partial charge on any atom is 0.338 e. The van der Waals surface area contributed by atoms with Gasteiger partial charge in [-0.15, -0.1) is 0 Å². The molecule has 36 heavy (non-hydrogen) atoms. The number of fused-ring (bicyclic) bond motifs is 2. The molecule has 0 fully saturated rings. The number of nitrogens with zero attached hydrogens (tertiary/aromatic N) is 3. The van der Waals surface area contributed by atoms with Gasteiger partial charge in [0.1, 0.15) is 5.75 Å². The molecule has 0 bridgehead atoms. The Morgan fingerprint density at radius 3 is 2.69 bits per heavy atom. The fraction of sp³-hybridized carbons (Fsp3) is 0.185. The molecule has 0 unspecified atom stereocenters. The van der Waals surface area contributed by atoms with E-state index in [4.69, 9.17) is 21.1 Å². The quantitative estimate of drug-likeness (QED) is 0.372. The summed E-state index contributed by atoms with van der Waals surface area (Å²) in [5.74, 6) is 0.196. The van der Waals surface area contributed by atoms with Crippen molar-refractivity contribution in [2.24, 2.45) is 4.99 Å². The lowest BCUT2D eigenvalue weighted by Crippen LogP contribution is -2.39. The number of thiazole rings is 1. The van der Waals surface area contributed by atoms with Crippen LogP contribution in [0.15, 0.2) is 75.7 Å². The number of halogens is 1. The van der Waals surface area contributed by atoms with Crippen LogP contribution in [0.2, 0.25) is 5.02 Å². The van der Waals surface area contributed by atoms with Crippen molar-refractivity contribution in [3.63, 3.8) is 0 Å². The maximum atomic E-state index is 13.7. The molecule has 1 atom stereocenters.